The lowest BCUT2D eigenvalue weighted by Gasteiger charge is -2.34. The second kappa shape index (κ2) is 10.0. The van der Waals surface area contributed by atoms with Crippen LogP contribution in [0, 0.1) is 0 Å². The van der Waals surface area contributed by atoms with Crippen LogP contribution in [0.5, 0.6) is 11.5 Å². The van der Waals surface area contributed by atoms with E-state index in [-0.39, 0.29) is 6.10 Å². The third kappa shape index (κ3) is 5.79. The number of methoxy groups -OCH3 is 1. The molecular weight excluding hydrogens is 368 g/mol. The number of anilines is 1. The normalized spacial score (nSPS) is 18.3. The highest BCUT2D eigenvalue weighted by molar-refractivity contribution is 5.80. The van der Waals surface area contributed by atoms with E-state index in [9.17, 15) is 0 Å². The second-order valence-electron chi connectivity index (χ2n) is 7.33. The molecule has 0 bridgehead atoms. The summed E-state index contributed by atoms with van der Waals surface area (Å²) in [6.45, 7) is 4.65. The molecule has 2 atom stereocenters. The average molecular weight is 401 g/mol. The molecule has 2 unspecified atom stereocenters. The summed E-state index contributed by atoms with van der Waals surface area (Å²) < 4.78 is 13.2. The average Bonchev–Trinajstić information content (AvgIpc) is 3.18. The summed E-state index contributed by atoms with van der Waals surface area (Å²) in [4.78, 5) is 6.75. The minimum atomic E-state index is -0.0388. The highest BCUT2D eigenvalue weighted by Gasteiger charge is 2.22. The van der Waals surface area contributed by atoms with E-state index >= 15 is 0 Å². The molecule has 0 spiro atoms. The fraction of sp³-hybridized carbons (Fsp3) is 0.524. The molecule has 1 aliphatic rings. The van der Waals surface area contributed by atoms with Crippen molar-refractivity contribution < 1.29 is 9.47 Å². The highest BCUT2D eigenvalue weighted by atomic mass is 16.5. The van der Waals surface area contributed by atoms with Gasteiger partial charge in [0.05, 0.1) is 25.5 Å². The second-order valence-corrected chi connectivity index (χ2v) is 7.33. The van der Waals surface area contributed by atoms with Crippen molar-refractivity contribution in [3.8, 4) is 11.5 Å². The van der Waals surface area contributed by atoms with Gasteiger partial charge in [-0.15, -0.1) is 0 Å². The predicted molar refractivity (Wildman–Crippen MR) is 116 cm³/mol. The van der Waals surface area contributed by atoms with Gasteiger partial charge >= 0.3 is 0 Å². The Hall–Kier alpha value is -2.90. The lowest BCUT2D eigenvalue weighted by molar-refractivity contribution is 0.213. The maximum absolute atomic E-state index is 6.01. The maximum Gasteiger partial charge on any atom is 0.191 e. The molecule has 0 amide bonds. The van der Waals surface area contributed by atoms with E-state index in [4.69, 9.17) is 9.47 Å². The first kappa shape index (κ1) is 20.8. The monoisotopic (exact) mass is 400 g/mol. The number of benzene rings is 1. The van der Waals surface area contributed by atoms with Gasteiger partial charge in [0.25, 0.3) is 0 Å². The maximum atomic E-state index is 6.01. The lowest BCUT2D eigenvalue weighted by atomic mass is 10.1. The topological polar surface area (TPSA) is 75.9 Å². The van der Waals surface area contributed by atoms with E-state index in [2.05, 4.69) is 31.8 Å². The molecule has 1 fully saturated rings. The molecule has 29 heavy (non-hydrogen) atoms. The number of nitrogens with one attached hydrogen (secondary N) is 2. The Kier molecular flexibility index (Phi) is 7.21. The SMILES string of the molecule is CN=C(NCC(C)Oc1ccccc1OC)NC1CCCN(c2cnn(C)c2)C1. The van der Waals surface area contributed by atoms with Crippen LogP contribution in [-0.4, -0.2) is 61.7 Å². The van der Waals surface area contributed by atoms with Crippen LogP contribution in [-0.2, 0) is 7.05 Å². The largest absolute Gasteiger partial charge is 0.493 e. The molecule has 158 valence electrons. The van der Waals surface area contributed by atoms with E-state index in [1.807, 2.05) is 49.1 Å². The van der Waals surface area contributed by atoms with Gasteiger partial charge in [-0.1, -0.05) is 12.1 Å². The van der Waals surface area contributed by atoms with Crippen LogP contribution in [0.25, 0.3) is 0 Å². The number of aromatic nitrogens is 2. The Morgan fingerprint density at radius 1 is 1.34 bits per heavy atom. The Balaban J connectivity index is 1.48. The fourth-order valence-electron chi connectivity index (χ4n) is 3.50. The van der Waals surface area contributed by atoms with Gasteiger partial charge in [0.2, 0.25) is 0 Å². The highest BCUT2D eigenvalue weighted by Crippen LogP contribution is 2.26. The van der Waals surface area contributed by atoms with E-state index in [1.54, 1.807) is 14.2 Å². The Labute approximate surface area is 172 Å². The van der Waals surface area contributed by atoms with Crippen LogP contribution >= 0.6 is 0 Å². The van der Waals surface area contributed by atoms with E-state index in [0.717, 1.165) is 43.4 Å². The molecular formula is C21H32N6O2. The molecule has 1 aromatic heterocycles. The van der Waals surface area contributed by atoms with Gasteiger partial charge < -0.3 is 25.0 Å². The number of guanidine groups is 1. The molecule has 1 saturated heterocycles. The zero-order valence-electron chi connectivity index (χ0n) is 17.8. The zero-order chi connectivity index (χ0) is 20.6. The third-order valence-electron chi connectivity index (χ3n) is 5.00. The zero-order valence-corrected chi connectivity index (χ0v) is 17.8. The summed E-state index contributed by atoms with van der Waals surface area (Å²) >= 11 is 0. The molecule has 0 aliphatic carbocycles. The molecule has 0 saturated carbocycles. The molecule has 1 aliphatic heterocycles. The molecule has 8 heteroatoms. The first-order valence-corrected chi connectivity index (χ1v) is 10.1. The van der Waals surface area contributed by atoms with Gasteiger partial charge in [-0.05, 0) is 31.9 Å². The number of nitrogens with zero attached hydrogens (tertiary/aromatic N) is 4. The van der Waals surface area contributed by atoms with E-state index in [1.165, 1.54) is 5.69 Å². The molecule has 2 heterocycles. The summed E-state index contributed by atoms with van der Waals surface area (Å²) in [5, 5.41) is 11.2. The number of hydrogen-bond acceptors (Lipinski definition) is 5. The summed E-state index contributed by atoms with van der Waals surface area (Å²) in [5.74, 6) is 2.27. The van der Waals surface area contributed by atoms with Crippen molar-refractivity contribution in [2.24, 2.45) is 12.0 Å². The Morgan fingerprint density at radius 2 is 2.14 bits per heavy atom. The summed E-state index contributed by atoms with van der Waals surface area (Å²) in [7, 11) is 5.39. The van der Waals surface area contributed by atoms with Crippen LogP contribution < -0.4 is 25.0 Å². The van der Waals surface area contributed by atoms with Crippen LogP contribution in [0.3, 0.4) is 0 Å². The lowest BCUT2D eigenvalue weighted by Crippen LogP contribution is -2.52. The number of aliphatic imine (C=N–C) groups is 1. The van der Waals surface area contributed by atoms with Crippen LogP contribution in [0.4, 0.5) is 5.69 Å². The number of rotatable bonds is 7. The van der Waals surface area contributed by atoms with Crippen LogP contribution in [0.1, 0.15) is 19.8 Å². The minimum absolute atomic E-state index is 0.0388. The van der Waals surface area contributed by atoms with Crippen molar-refractivity contribution in [3.05, 3.63) is 36.7 Å². The van der Waals surface area contributed by atoms with Crippen molar-refractivity contribution in [2.45, 2.75) is 31.9 Å². The summed E-state index contributed by atoms with van der Waals surface area (Å²) in [6.07, 6.45) is 6.20. The first-order valence-electron chi connectivity index (χ1n) is 10.1. The minimum Gasteiger partial charge on any atom is -0.493 e. The molecule has 2 N–H and O–H groups in total. The summed E-state index contributed by atoms with van der Waals surface area (Å²) in [5.41, 5.74) is 1.17. The molecule has 2 aromatic rings. The Bertz CT molecular complexity index is 806. The third-order valence-corrected chi connectivity index (χ3v) is 5.00. The van der Waals surface area contributed by atoms with Gasteiger partial charge in [0, 0.05) is 39.4 Å². The quantitative estimate of drug-likeness (QED) is 0.547. The van der Waals surface area contributed by atoms with Crippen molar-refractivity contribution in [1.82, 2.24) is 20.4 Å². The number of ether oxygens (including phenoxy) is 2. The van der Waals surface area contributed by atoms with E-state index in [0.29, 0.717) is 12.6 Å². The smallest absolute Gasteiger partial charge is 0.191 e. The van der Waals surface area contributed by atoms with Crippen molar-refractivity contribution in [2.75, 3.05) is 38.7 Å². The predicted octanol–water partition coefficient (Wildman–Crippen LogP) is 2.03. The number of para-hydroxylation sites is 2. The number of aryl methyl sites for hydroxylation is 1. The van der Waals surface area contributed by atoms with Crippen LogP contribution in [0.15, 0.2) is 41.7 Å². The summed E-state index contributed by atoms with van der Waals surface area (Å²) in [6, 6.07) is 8.01. The van der Waals surface area contributed by atoms with E-state index < -0.39 is 0 Å². The van der Waals surface area contributed by atoms with Gasteiger partial charge in [-0.25, -0.2) is 0 Å². The van der Waals surface area contributed by atoms with Crippen molar-refractivity contribution >= 4 is 11.6 Å². The molecule has 8 nitrogen and oxygen atoms in total. The number of hydrogen-bond donors (Lipinski definition) is 2. The molecule has 0 radical (unpaired) electrons. The molecule has 3 rings (SSSR count). The number of piperidine rings is 1. The Morgan fingerprint density at radius 3 is 2.83 bits per heavy atom. The van der Waals surface area contributed by atoms with Gasteiger partial charge in [-0.2, -0.15) is 5.10 Å². The fourth-order valence-corrected chi connectivity index (χ4v) is 3.50. The van der Waals surface area contributed by atoms with Gasteiger partial charge in [-0.3, -0.25) is 9.67 Å². The van der Waals surface area contributed by atoms with Gasteiger partial charge in [0.15, 0.2) is 17.5 Å². The molecule has 1 aromatic carbocycles. The van der Waals surface area contributed by atoms with Crippen molar-refractivity contribution in [1.29, 1.82) is 0 Å². The first-order chi connectivity index (χ1) is 14.1. The van der Waals surface area contributed by atoms with Gasteiger partial charge in [0.1, 0.15) is 6.10 Å². The van der Waals surface area contributed by atoms with Crippen LogP contribution in [0.2, 0.25) is 0 Å². The van der Waals surface area contributed by atoms with Crippen molar-refractivity contribution in [3.63, 3.8) is 0 Å². The standard InChI is InChI=1S/C21H32N6O2/c1-16(29-20-10-6-5-9-19(20)28-4)12-23-21(22-2)25-17-8-7-11-27(14-17)18-13-24-26(3)15-18/h5-6,9-10,13,15-17H,7-8,11-12,14H2,1-4H3,(H2,22,23,25).